The van der Waals surface area contributed by atoms with Crippen LogP contribution < -0.4 is 15.2 Å². The Morgan fingerprint density at radius 1 is 1.11 bits per heavy atom. The molecule has 0 saturated heterocycles. The number of aromatic nitrogens is 3. The molecule has 2 heterocycles. The van der Waals surface area contributed by atoms with Crippen LogP contribution in [0.1, 0.15) is 73.2 Å². The first-order chi connectivity index (χ1) is 21.6. The van der Waals surface area contributed by atoms with Crippen molar-refractivity contribution >= 4 is 32.9 Å². The number of nitrogens with two attached hydrogens (primary N) is 1. The first-order valence-corrected chi connectivity index (χ1v) is 17.0. The van der Waals surface area contributed by atoms with Crippen molar-refractivity contribution in [2.45, 2.75) is 57.3 Å². The van der Waals surface area contributed by atoms with Crippen LogP contribution >= 0.6 is 0 Å². The molecule has 240 valence electrons. The highest BCUT2D eigenvalue weighted by molar-refractivity contribution is 7.86. The molecule has 1 aliphatic carbocycles. The van der Waals surface area contributed by atoms with Gasteiger partial charge in [0.25, 0.3) is 16.1 Å². The number of rotatable bonds is 13. The van der Waals surface area contributed by atoms with Gasteiger partial charge in [-0.25, -0.2) is 10.1 Å². The Hall–Kier alpha value is -4.00. The first kappa shape index (κ1) is 32.4. The maximum absolute atomic E-state index is 13.1. The van der Waals surface area contributed by atoms with E-state index in [9.17, 15) is 18.0 Å². The van der Waals surface area contributed by atoms with E-state index in [-0.39, 0.29) is 24.8 Å². The number of hydrogen-bond donors (Lipinski definition) is 2. The number of ether oxygens (including phenoxy) is 1. The average molecular weight is 635 g/mol. The Morgan fingerprint density at radius 2 is 1.89 bits per heavy atom. The van der Waals surface area contributed by atoms with E-state index in [4.69, 9.17) is 9.88 Å². The lowest BCUT2D eigenvalue weighted by atomic mass is 9.81. The number of fused-ring (bicyclic) bond motifs is 1. The average Bonchev–Trinajstić information content (AvgIpc) is 3.67. The number of nitrogens with zero attached hydrogens (tertiary/aromatic N) is 4. The summed E-state index contributed by atoms with van der Waals surface area (Å²) in [5.41, 5.74) is 4.90. The standard InChI is InChI=1S/C33H42N6O5S/c1-37(45(34,42)43)19-9-8-17-36-30(40)16-21-44-29-13-7-6-12-27(29)32-31(24-10-4-3-5-11-24)26-15-14-25(22-28(26)38(32)2)33(41)39-20-18-35-23-39/h6-7,12-15,18,20,22-24H,3-5,8-11,16-17,19,21H2,1-2H3,(H,36,40)(H2,34,42,43). The monoisotopic (exact) mass is 634 g/mol. The van der Waals surface area contributed by atoms with Crippen molar-refractivity contribution in [2.24, 2.45) is 12.2 Å². The number of benzene rings is 2. The third-order valence-corrected chi connectivity index (χ3v) is 9.68. The van der Waals surface area contributed by atoms with E-state index in [0.717, 1.165) is 39.3 Å². The number of aryl methyl sites for hydroxylation is 1. The van der Waals surface area contributed by atoms with E-state index in [1.807, 2.05) is 37.4 Å². The van der Waals surface area contributed by atoms with Crippen LogP contribution in [0.5, 0.6) is 5.75 Å². The lowest BCUT2D eigenvalue weighted by molar-refractivity contribution is -0.121. The molecule has 1 fully saturated rings. The largest absolute Gasteiger partial charge is 0.492 e. The highest BCUT2D eigenvalue weighted by Crippen LogP contribution is 2.45. The summed E-state index contributed by atoms with van der Waals surface area (Å²) >= 11 is 0. The van der Waals surface area contributed by atoms with Gasteiger partial charge in [0.2, 0.25) is 5.91 Å². The van der Waals surface area contributed by atoms with Gasteiger partial charge >= 0.3 is 0 Å². The topological polar surface area (TPSA) is 142 Å². The van der Waals surface area contributed by atoms with Gasteiger partial charge < -0.3 is 14.6 Å². The summed E-state index contributed by atoms with van der Waals surface area (Å²) in [6, 6.07) is 13.9. The summed E-state index contributed by atoms with van der Waals surface area (Å²) < 4.78 is 33.6. The highest BCUT2D eigenvalue weighted by atomic mass is 32.2. The van der Waals surface area contributed by atoms with E-state index in [0.29, 0.717) is 43.2 Å². The fraction of sp³-hybridized carbons (Fsp3) is 0.424. The van der Waals surface area contributed by atoms with Crippen molar-refractivity contribution in [1.29, 1.82) is 0 Å². The molecule has 1 amide bonds. The fourth-order valence-electron chi connectivity index (χ4n) is 6.20. The van der Waals surface area contributed by atoms with Crippen LogP contribution in [0.3, 0.4) is 0 Å². The molecule has 2 aromatic heterocycles. The second-order valence-electron chi connectivity index (χ2n) is 11.7. The molecular weight excluding hydrogens is 592 g/mol. The number of carbonyl (C=O) groups excluding carboxylic acids is 2. The van der Waals surface area contributed by atoms with Crippen molar-refractivity contribution in [3.05, 3.63) is 72.3 Å². The summed E-state index contributed by atoms with van der Waals surface area (Å²) in [5.74, 6) is 0.842. The minimum atomic E-state index is -3.69. The summed E-state index contributed by atoms with van der Waals surface area (Å²) in [7, 11) is -0.218. The van der Waals surface area contributed by atoms with Crippen molar-refractivity contribution in [2.75, 3.05) is 26.7 Å². The zero-order valence-electron chi connectivity index (χ0n) is 25.9. The molecule has 45 heavy (non-hydrogen) atoms. The molecule has 3 N–H and O–H groups in total. The molecule has 2 aromatic carbocycles. The van der Waals surface area contributed by atoms with Gasteiger partial charge in [0, 0.05) is 61.6 Å². The van der Waals surface area contributed by atoms with Gasteiger partial charge in [-0.1, -0.05) is 37.5 Å². The highest BCUT2D eigenvalue weighted by Gasteiger charge is 2.27. The van der Waals surface area contributed by atoms with E-state index < -0.39 is 10.2 Å². The Kier molecular flexibility index (Phi) is 10.4. The summed E-state index contributed by atoms with van der Waals surface area (Å²) in [6.45, 7) is 0.955. The molecule has 1 saturated carbocycles. The lowest BCUT2D eigenvalue weighted by Crippen LogP contribution is -2.34. The molecule has 1 aliphatic rings. The number of amides is 1. The second kappa shape index (κ2) is 14.4. The number of carbonyl (C=O) groups is 2. The lowest BCUT2D eigenvalue weighted by Gasteiger charge is -2.24. The second-order valence-corrected chi connectivity index (χ2v) is 13.3. The number of imidazole rings is 1. The molecule has 5 rings (SSSR count). The van der Waals surface area contributed by atoms with Gasteiger partial charge in [-0.05, 0) is 61.4 Å². The van der Waals surface area contributed by atoms with Crippen LogP contribution in [0.15, 0.2) is 61.2 Å². The maximum Gasteiger partial charge on any atom is 0.276 e. The van der Waals surface area contributed by atoms with Crippen molar-refractivity contribution < 1.29 is 22.7 Å². The van der Waals surface area contributed by atoms with E-state index in [2.05, 4.69) is 27.0 Å². The van der Waals surface area contributed by atoms with Crippen molar-refractivity contribution in [1.82, 2.24) is 23.7 Å². The van der Waals surface area contributed by atoms with Crippen LogP contribution in [0.4, 0.5) is 0 Å². The van der Waals surface area contributed by atoms with Crippen LogP contribution in [0.2, 0.25) is 0 Å². The van der Waals surface area contributed by atoms with Gasteiger partial charge in [-0.15, -0.1) is 0 Å². The molecule has 0 spiro atoms. The molecule has 4 aromatic rings. The first-order valence-electron chi connectivity index (χ1n) is 15.5. The minimum Gasteiger partial charge on any atom is -0.492 e. The van der Waals surface area contributed by atoms with Crippen molar-refractivity contribution in [3.63, 3.8) is 0 Å². The molecule has 12 heteroatoms. The van der Waals surface area contributed by atoms with E-state index in [1.165, 1.54) is 42.8 Å². The van der Waals surface area contributed by atoms with E-state index in [1.54, 1.807) is 12.4 Å². The van der Waals surface area contributed by atoms with Gasteiger partial charge in [0.15, 0.2) is 0 Å². The predicted molar refractivity (Wildman–Crippen MR) is 174 cm³/mol. The van der Waals surface area contributed by atoms with Gasteiger partial charge in [0.05, 0.1) is 18.7 Å². The summed E-state index contributed by atoms with van der Waals surface area (Å²) in [5, 5.41) is 9.12. The van der Waals surface area contributed by atoms with Crippen molar-refractivity contribution in [3.8, 4) is 17.0 Å². The molecular formula is C33H42N6O5S. The number of hydrogen-bond acceptors (Lipinski definition) is 6. The number of para-hydroxylation sites is 1. The van der Waals surface area contributed by atoms with E-state index >= 15 is 0 Å². The Morgan fingerprint density at radius 3 is 2.62 bits per heavy atom. The summed E-state index contributed by atoms with van der Waals surface area (Å²) in [4.78, 5) is 29.7. The van der Waals surface area contributed by atoms with Gasteiger partial charge in [0.1, 0.15) is 12.1 Å². The SMILES string of the molecule is CN(CCCCNC(=O)CCOc1ccccc1-c1c(C2CCCCC2)c2ccc(C(=O)n3ccnc3)cc2n1C)S(N)(=O)=O. The third-order valence-electron chi connectivity index (χ3n) is 8.62. The Labute approximate surface area is 264 Å². The molecule has 11 nitrogen and oxygen atoms in total. The third kappa shape index (κ3) is 7.63. The van der Waals surface area contributed by atoms with Crippen LogP contribution in [-0.2, 0) is 22.1 Å². The zero-order chi connectivity index (χ0) is 32.0. The Bertz CT molecular complexity index is 1740. The molecule has 0 radical (unpaired) electrons. The number of nitrogens with one attached hydrogen (secondary N) is 1. The fourth-order valence-corrected chi connectivity index (χ4v) is 6.59. The Balaban J connectivity index is 1.33. The van der Waals surface area contributed by atoms with Gasteiger partial charge in [-0.2, -0.15) is 12.7 Å². The van der Waals surface area contributed by atoms with Crippen LogP contribution in [-0.4, -0.2) is 65.4 Å². The maximum atomic E-state index is 13.1. The minimum absolute atomic E-state index is 0.130. The van der Waals surface area contributed by atoms with Gasteiger partial charge in [-0.3, -0.25) is 14.2 Å². The smallest absolute Gasteiger partial charge is 0.276 e. The molecule has 0 atom stereocenters. The molecule has 0 aliphatic heterocycles. The molecule has 0 unspecified atom stereocenters. The molecule has 0 bridgehead atoms. The zero-order valence-corrected chi connectivity index (χ0v) is 26.8. The predicted octanol–water partition coefficient (Wildman–Crippen LogP) is 4.58. The quantitative estimate of drug-likeness (QED) is 0.206. The summed E-state index contributed by atoms with van der Waals surface area (Å²) in [6.07, 6.45) is 12.0. The van der Waals surface area contributed by atoms with Crippen LogP contribution in [0.25, 0.3) is 22.2 Å². The van der Waals surface area contributed by atoms with Crippen LogP contribution in [0, 0.1) is 0 Å². The normalized spacial score (nSPS) is 14.2. The number of unbranched alkanes of at least 4 members (excludes halogenated alkanes) is 1.